The molecule has 1 aromatic rings. The molecule has 1 fully saturated rings. The largest absolute Gasteiger partial charge is 0.484 e. The molecule has 0 bridgehead atoms. The Labute approximate surface area is 124 Å². The lowest BCUT2D eigenvalue weighted by molar-refractivity contribution is -0.385. The molecule has 1 atom stereocenters. The van der Waals surface area contributed by atoms with E-state index in [4.69, 9.17) is 4.74 Å². The van der Waals surface area contributed by atoms with E-state index in [1.165, 1.54) is 6.07 Å². The van der Waals surface area contributed by atoms with Crippen LogP contribution in [-0.2, 0) is 0 Å². The molecule has 1 aliphatic rings. The van der Waals surface area contributed by atoms with Crippen LogP contribution in [0.25, 0.3) is 0 Å². The summed E-state index contributed by atoms with van der Waals surface area (Å²) in [6.45, 7) is 4.84. The third-order valence-electron chi connectivity index (χ3n) is 3.84. The van der Waals surface area contributed by atoms with E-state index in [9.17, 15) is 15.2 Å². The van der Waals surface area contributed by atoms with Crippen LogP contribution < -0.4 is 4.74 Å². The van der Waals surface area contributed by atoms with Gasteiger partial charge in [0.2, 0.25) is 0 Å². The lowest BCUT2D eigenvalue weighted by Crippen LogP contribution is -2.40. The molecule has 0 aromatic heterocycles. The minimum atomic E-state index is -0.641. The van der Waals surface area contributed by atoms with Crippen molar-refractivity contribution in [3.05, 3.63) is 34.4 Å². The van der Waals surface area contributed by atoms with Crippen molar-refractivity contribution in [3.63, 3.8) is 0 Å². The molecule has 0 saturated carbocycles. The zero-order chi connectivity index (χ0) is 15.2. The maximum absolute atomic E-state index is 10.9. The number of benzene rings is 1. The summed E-state index contributed by atoms with van der Waals surface area (Å²) in [6, 6.07) is 6.22. The zero-order valence-corrected chi connectivity index (χ0v) is 12.3. The summed E-state index contributed by atoms with van der Waals surface area (Å²) < 4.78 is 5.40. The van der Waals surface area contributed by atoms with Crippen LogP contribution in [0.5, 0.6) is 5.75 Å². The predicted molar refractivity (Wildman–Crippen MR) is 79.4 cm³/mol. The minimum absolute atomic E-state index is 0.0664. The molecule has 1 aromatic carbocycles. The summed E-state index contributed by atoms with van der Waals surface area (Å²) in [4.78, 5) is 12.6. The smallest absolute Gasteiger partial charge is 0.310 e. The van der Waals surface area contributed by atoms with Gasteiger partial charge in [-0.1, -0.05) is 19.1 Å². The first-order valence-electron chi connectivity index (χ1n) is 7.33. The van der Waals surface area contributed by atoms with Crippen LogP contribution in [0.1, 0.15) is 19.8 Å². The Morgan fingerprint density at radius 3 is 2.76 bits per heavy atom. The standard InChI is InChI=1S/C15H22N2O4/c1-12-6-8-16(9-7-12)10-13(18)11-21-15-5-3-2-4-14(15)17(19)20/h2-5,12-13,18H,6-11H2,1H3/t13-/m0/s1. The van der Waals surface area contributed by atoms with Gasteiger partial charge in [-0.3, -0.25) is 10.1 Å². The van der Waals surface area contributed by atoms with Crippen molar-refractivity contribution >= 4 is 5.69 Å². The predicted octanol–water partition coefficient (Wildman–Crippen LogP) is 2.07. The van der Waals surface area contributed by atoms with Gasteiger partial charge < -0.3 is 14.7 Å². The normalized spacial score (nSPS) is 18.4. The van der Waals surface area contributed by atoms with E-state index >= 15 is 0 Å². The number of nitro groups is 1. The second-order valence-electron chi connectivity index (χ2n) is 5.67. The molecule has 0 spiro atoms. The Morgan fingerprint density at radius 1 is 1.43 bits per heavy atom. The molecule has 2 rings (SSSR count). The number of β-amino-alcohol motifs (C(OH)–C–C–N with tert-alkyl or cyclic N) is 1. The number of hydrogen-bond acceptors (Lipinski definition) is 5. The average molecular weight is 294 g/mol. The monoisotopic (exact) mass is 294 g/mol. The fourth-order valence-electron chi connectivity index (χ4n) is 2.51. The third kappa shape index (κ3) is 4.68. The van der Waals surface area contributed by atoms with Crippen LogP contribution >= 0.6 is 0 Å². The molecule has 0 radical (unpaired) electrons. The van der Waals surface area contributed by atoms with Gasteiger partial charge in [-0.25, -0.2) is 0 Å². The lowest BCUT2D eigenvalue weighted by atomic mass is 9.99. The van der Waals surface area contributed by atoms with Gasteiger partial charge in [0.15, 0.2) is 5.75 Å². The third-order valence-corrected chi connectivity index (χ3v) is 3.84. The summed E-state index contributed by atoms with van der Waals surface area (Å²) in [5.74, 6) is 0.954. The van der Waals surface area contributed by atoms with Gasteiger partial charge in [-0.2, -0.15) is 0 Å². The molecular formula is C15H22N2O4. The number of nitrogens with zero attached hydrogens (tertiary/aromatic N) is 2. The second-order valence-corrected chi connectivity index (χ2v) is 5.67. The molecule has 0 aliphatic carbocycles. The fraction of sp³-hybridized carbons (Fsp3) is 0.600. The van der Waals surface area contributed by atoms with Crippen LogP contribution in [0.2, 0.25) is 0 Å². The zero-order valence-electron chi connectivity index (χ0n) is 12.3. The molecule has 6 nitrogen and oxygen atoms in total. The Balaban J connectivity index is 1.81. The van der Waals surface area contributed by atoms with Crippen LogP contribution in [0, 0.1) is 16.0 Å². The average Bonchev–Trinajstić information content (AvgIpc) is 2.48. The van der Waals surface area contributed by atoms with E-state index in [0.29, 0.717) is 6.54 Å². The fourth-order valence-corrected chi connectivity index (χ4v) is 2.51. The number of likely N-dealkylation sites (tertiary alicyclic amines) is 1. The highest BCUT2D eigenvalue weighted by Crippen LogP contribution is 2.26. The van der Waals surface area contributed by atoms with Crippen molar-refractivity contribution in [3.8, 4) is 5.75 Å². The number of nitro benzene ring substituents is 1. The summed E-state index contributed by atoms with van der Waals surface area (Å²) in [6.07, 6.45) is 1.66. The van der Waals surface area contributed by atoms with E-state index in [-0.39, 0.29) is 18.0 Å². The highest BCUT2D eigenvalue weighted by molar-refractivity contribution is 5.45. The number of rotatable bonds is 6. The maximum atomic E-state index is 10.9. The molecule has 1 aliphatic heterocycles. The number of ether oxygens (including phenoxy) is 1. The molecule has 116 valence electrons. The van der Waals surface area contributed by atoms with Crippen molar-refractivity contribution in [1.29, 1.82) is 0 Å². The van der Waals surface area contributed by atoms with Crippen molar-refractivity contribution in [2.75, 3.05) is 26.2 Å². The van der Waals surface area contributed by atoms with Gasteiger partial charge in [-0.05, 0) is 37.9 Å². The topological polar surface area (TPSA) is 75.8 Å². The van der Waals surface area contributed by atoms with Crippen molar-refractivity contribution in [2.45, 2.75) is 25.9 Å². The Bertz CT molecular complexity index is 472. The molecule has 1 N–H and O–H groups in total. The van der Waals surface area contributed by atoms with Crippen molar-refractivity contribution in [2.24, 2.45) is 5.92 Å². The lowest BCUT2D eigenvalue weighted by Gasteiger charge is -2.31. The second kappa shape index (κ2) is 7.38. The number of para-hydroxylation sites is 2. The molecule has 1 heterocycles. The first-order chi connectivity index (χ1) is 10.1. The van der Waals surface area contributed by atoms with Crippen LogP contribution in [-0.4, -0.2) is 47.3 Å². The van der Waals surface area contributed by atoms with Gasteiger partial charge in [-0.15, -0.1) is 0 Å². The molecular weight excluding hydrogens is 272 g/mol. The van der Waals surface area contributed by atoms with Gasteiger partial charge in [0.25, 0.3) is 0 Å². The number of aliphatic hydroxyl groups is 1. The number of piperidine rings is 1. The van der Waals surface area contributed by atoms with E-state index in [1.54, 1.807) is 18.2 Å². The van der Waals surface area contributed by atoms with Gasteiger partial charge in [0.05, 0.1) is 4.92 Å². The highest BCUT2D eigenvalue weighted by atomic mass is 16.6. The van der Waals surface area contributed by atoms with E-state index in [0.717, 1.165) is 31.8 Å². The van der Waals surface area contributed by atoms with Crippen molar-refractivity contribution in [1.82, 2.24) is 4.90 Å². The first kappa shape index (κ1) is 15.7. The molecule has 6 heteroatoms. The number of hydrogen-bond donors (Lipinski definition) is 1. The summed E-state index contributed by atoms with van der Waals surface area (Å²) in [7, 11) is 0. The Morgan fingerprint density at radius 2 is 2.10 bits per heavy atom. The summed E-state index contributed by atoms with van der Waals surface area (Å²) >= 11 is 0. The molecule has 21 heavy (non-hydrogen) atoms. The van der Waals surface area contributed by atoms with E-state index in [2.05, 4.69) is 11.8 Å². The Hall–Kier alpha value is -1.66. The summed E-state index contributed by atoms with van der Waals surface area (Å²) in [5.41, 5.74) is -0.0727. The van der Waals surface area contributed by atoms with Crippen LogP contribution in [0.15, 0.2) is 24.3 Å². The summed E-state index contributed by atoms with van der Waals surface area (Å²) in [5, 5.41) is 20.9. The molecule has 0 unspecified atom stereocenters. The van der Waals surface area contributed by atoms with E-state index < -0.39 is 11.0 Å². The van der Waals surface area contributed by atoms with E-state index in [1.807, 2.05) is 0 Å². The Kier molecular flexibility index (Phi) is 5.52. The van der Waals surface area contributed by atoms with Gasteiger partial charge in [0.1, 0.15) is 12.7 Å². The SMILES string of the molecule is CC1CCN(C[C@H](O)COc2ccccc2[N+](=O)[O-])CC1. The first-order valence-corrected chi connectivity index (χ1v) is 7.33. The quantitative estimate of drug-likeness (QED) is 0.642. The number of aliphatic hydroxyl groups excluding tert-OH is 1. The van der Waals surface area contributed by atoms with Gasteiger partial charge >= 0.3 is 5.69 Å². The minimum Gasteiger partial charge on any atom is -0.484 e. The molecule has 0 amide bonds. The highest BCUT2D eigenvalue weighted by Gasteiger charge is 2.20. The van der Waals surface area contributed by atoms with Gasteiger partial charge in [0, 0.05) is 12.6 Å². The van der Waals surface area contributed by atoms with Crippen molar-refractivity contribution < 1.29 is 14.8 Å². The van der Waals surface area contributed by atoms with Crippen LogP contribution in [0.3, 0.4) is 0 Å². The molecule has 1 saturated heterocycles. The van der Waals surface area contributed by atoms with Crippen LogP contribution in [0.4, 0.5) is 5.69 Å². The maximum Gasteiger partial charge on any atom is 0.310 e.